The molecule has 470 valence electrons. The highest BCUT2D eigenvalue weighted by Gasteiger charge is 2.21. The summed E-state index contributed by atoms with van der Waals surface area (Å²) in [5, 5.41) is 84.8. The highest BCUT2D eigenvalue weighted by molar-refractivity contribution is 7.86. The van der Waals surface area contributed by atoms with E-state index in [2.05, 4.69) is 65.5 Å². The number of nitrogens with two attached hydrogens (primary N) is 6. The number of aryl methyl sites for hydroxylation is 2. The number of nitrogen functional groups attached to an aromatic ring is 6. The van der Waals surface area contributed by atoms with E-state index >= 15 is 0 Å². The van der Waals surface area contributed by atoms with E-state index in [1.807, 2.05) is 36.4 Å². The molecule has 94 heavy (non-hydrogen) atoms. The van der Waals surface area contributed by atoms with Crippen LogP contribution in [0.2, 0.25) is 5.02 Å². The molecule has 0 unspecified atom stereocenters. The predicted molar refractivity (Wildman–Crippen MR) is 326 cm³/mol. The summed E-state index contributed by atoms with van der Waals surface area (Å²) in [6.45, 7) is 1.68. The number of H-pyrrole nitrogens is 3. The molecule has 0 bridgehead atoms. The van der Waals surface area contributed by atoms with Crippen molar-refractivity contribution >= 4 is 62.6 Å². The van der Waals surface area contributed by atoms with Gasteiger partial charge in [0.1, 0.15) is 110 Å². The van der Waals surface area contributed by atoms with Gasteiger partial charge in [-0.3, -0.25) is 29.1 Å². The standard InChI is InChI=1S/C12H12N6O.C11H7N11O.C11H8N4O2.C10H7ClN4O3S.C9H8N6O/c13-5-7-6-15-18(10(7)14)12-16-9-4-2-1-3-8(9)11(19)17-12;12-1-5-3-16-21(7(5)14)9-18-10(20-11(23)19-9)22-8(15)6(2-13)4-17-22;12-5-8-6-14-15(10(8)13)9-3-1-7(2-4-9)11(16)17;11-8-2-1-7(3-9(8)19(16,17)18)15-10(13)6(4-12)5-14-15;1-5-2-7(16)14-9(13-5)15-8(11)6(3-10)4-12-15/h6H,1-4,14H2,(H,16,17,19);3-4H,14-15H2,(H,18,19,20,23);1-4,6H,13H2,(H,16,17);1-3,5H,13H2,(H,16,17,18);2,4H,11H2,1H3,(H,13,14,16). The van der Waals surface area contributed by atoms with Crippen LogP contribution in [0.1, 0.15) is 73.5 Å². The summed E-state index contributed by atoms with van der Waals surface area (Å²) in [6.07, 6.45) is 11.3. The SMILES string of the molecule is Cc1cc(=O)[nH]c(-n2ncc(C#N)c2N)n1.N#Cc1cnn(-c2ccc(C(=O)O)cc2)c1N.N#Cc1cnn(-c2ccc(Cl)c(S(=O)(=O)O)c2)c1N.N#Cc1cnn(-c2nc(-n3ncc(C#N)c3N)[nH]c(=O)n2)c1N.N#Cc1cnn(-c2nc3c(c(=O)[nH]2)CCCC3)c1N. The third-order valence-electron chi connectivity index (χ3n) is 12.8. The second-order valence-electron chi connectivity index (χ2n) is 18.8. The number of carboxylic acids is 1. The Morgan fingerprint density at radius 3 is 1.38 bits per heavy atom. The average Bonchev–Trinajstić information content (AvgIpc) is 1.48. The number of nitriles is 6. The molecular formula is C53H42ClN31O8S. The Morgan fingerprint density at radius 1 is 0.532 bits per heavy atom. The van der Waals surface area contributed by atoms with Crippen molar-refractivity contribution in [2.75, 3.05) is 34.4 Å². The number of benzene rings is 2. The van der Waals surface area contributed by atoms with Crippen LogP contribution in [0.5, 0.6) is 0 Å². The predicted octanol–water partition coefficient (Wildman–Crippen LogP) is 0.701. The van der Waals surface area contributed by atoms with Gasteiger partial charge < -0.3 is 39.5 Å². The highest BCUT2D eigenvalue weighted by atomic mass is 35.5. The van der Waals surface area contributed by atoms with Crippen LogP contribution in [0.3, 0.4) is 0 Å². The Kier molecular flexibility index (Phi) is 19.4. The molecule has 0 saturated carbocycles. The Labute approximate surface area is 529 Å². The largest absolute Gasteiger partial charge is 0.478 e. The van der Waals surface area contributed by atoms with E-state index in [-0.39, 0.29) is 119 Å². The Balaban J connectivity index is 0.000000152. The summed E-state index contributed by atoms with van der Waals surface area (Å²) in [6, 6.07) is 22.5. The number of halogens is 1. The van der Waals surface area contributed by atoms with Crippen molar-refractivity contribution in [1.29, 1.82) is 31.6 Å². The maximum absolute atomic E-state index is 12.0. The molecule has 9 heterocycles. The van der Waals surface area contributed by atoms with Gasteiger partial charge in [-0.2, -0.15) is 99.3 Å². The van der Waals surface area contributed by atoms with Gasteiger partial charge in [0, 0.05) is 17.3 Å². The molecule has 1 aliphatic rings. The number of aromatic amines is 3. The maximum atomic E-state index is 12.0. The van der Waals surface area contributed by atoms with Crippen molar-refractivity contribution in [3.63, 3.8) is 0 Å². The zero-order valence-electron chi connectivity index (χ0n) is 47.8. The van der Waals surface area contributed by atoms with Gasteiger partial charge in [0.2, 0.25) is 17.8 Å². The molecule has 0 amide bonds. The quantitative estimate of drug-likeness (QED) is 0.0933. The molecule has 0 saturated heterocycles. The second-order valence-corrected chi connectivity index (χ2v) is 20.6. The van der Waals surface area contributed by atoms with Gasteiger partial charge in [0.25, 0.3) is 27.2 Å². The normalized spacial score (nSPS) is 11.0. The van der Waals surface area contributed by atoms with Crippen LogP contribution in [-0.2, 0) is 23.0 Å². The van der Waals surface area contributed by atoms with Gasteiger partial charge in [0.15, 0.2) is 0 Å². The van der Waals surface area contributed by atoms with Crippen LogP contribution >= 0.6 is 11.6 Å². The molecule has 0 spiro atoms. The number of hydrogen-bond acceptors (Lipinski definition) is 28. The second kappa shape index (κ2) is 27.8. The fourth-order valence-corrected chi connectivity index (χ4v) is 9.21. The first-order valence-corrected chi connectivity index (χ1v) is 27.9. The smallest absolute Gasteiger partial charge is 0.351 e. The number of fused-ring (bicyclic) bond motifs is 1. The van der Waals surface area contributed by atoms with E-state index < -0.39 is 26.7 Å². The molecule has 17 N–H and O–H groups in total. The summed E-state index contributed by atoms with van der Waals surface area (Å²) in [5.74, 6) is -0.173. The van der Waals surface area contributed by atoms with Crippen LogP contribution in [0.25, 0.3) is 35.2 Å². The fourth-order valence-electron chi connectivity index (χ4n) is 8.22. The average molecular weight is 1310 g/mol. The van der Waals surface area contributed by atoms with Gasteiger partial charge >= 0.3 is 11.7 Å². The fraction of sp³-hybridized carbons (Fsp3) is 0.0943. The Hall–Kier alpha value is -14.3. The van der Waals surface area contributed by atoms with Gasteiger partial charge in [-0.1, -0.05) is 11.6 Å². The van der Waals surface area contributed by atoms with Crippen LogP contribution in [0, 0.1) is 74.9 Å². The van der Waals surface area contributed by atoms with E-state index in [4.69, 9.17) is 87.2 Å². The summed E-state index contributed by atoms with van der Waals surface area (Å²) >= 11 is 5.69. The molecule has 9 aromatic heterocycles. The van der Waals surface area contributed by atoms with E-state index in [1.165, 1.54) is 86.2 Å². The lowest BCUT2D eigenvalue weighted by atomic mass is 9.97. The van der Waals surface area contributed by atoms with Crippen LogP contribution in [0.4, 0.5) is 34.9 Å². The van der Waals surface area contributed by atoms with Crippen molar-refractivity contribution in [3.8, 4) is 71.6 Å². The number of carbonyl (C=O) groups is 1. The molecule has 0 fully saturated rings. The van der Waals surface area contributed by atoms with Crippen molar-refractivity contribution in [3.05, 3.63) is 178 Å². The van der Waals surface area contributed by atoms with E-state index in [0.29, 0.717) is 11.4 Å². The first-order valence-electron chi connectivity index (χ1n) is 26.1. The molecule has 0 aliphatic heterocycles. The highest BCUT2D eigenvalue weighted by Crippen LogP contribution is 2.27. The molecule has 41 heteroatoms. The minimum Gasteiger partial charge on any atom is -0.478 e. The number of aromatic nitrogens is 19. The number of aromatic carboxylic acids is 1. The number of carboxylic acid groups (broad SMARTS) is 1. The number of anilines is 6. The zero-order valence-corrected chi connectivity index (χ0v) is 49.4. The lowest BCUT2D eigenvalue weighted by Gasteiger charge is -2.14. The first kappa shape index (κ1) is 65.7. The van der Waals surface area contributed by atoms with E-state index in [9.17, 15) is 27.6 Å². The van der Waals surface area contributed by atoms with Crippen LogP contribution in [-0.4, -0.2) is 118 Å². The minimum absolute atomic E-state index is 0.000971. The van der Waals surface area contributed by atoms with E-state index in [0.717, 1.165) is 52.4 Å². The summed E-state index contributed by atoms with van der Waals surface area (Å²) in [7, 11) is -4.45. The topological polar surface area (TPSA) is 648 Å². The third kappa shape index (κ3) is 14.1. The van der Waals surface area contributed by atoms with Crippen molar-refractivity contribution < 1.29 is 22.9 Å². The minimum atomic E-state index is -4.45. The summed E-state index contributed by atoms with van der Waals surface area (Å²) in [4.78, 5) is 68.8. The first-order chi connectivity index (χ1) is 44.8. The summed E-state index contributed by atoms with van der Waals surface area (Å²) in [5.41, 5.74) is 37.4. The van der Waals surface area contributed by atoms with Crippen LogP contribution in [0.15, 0.2) is 105 Å². The zero-order chi connectivity index (χ0) is 68.3. The molecular weight excluding hydrogens is 1270 g/mol. The molecule has 39 nitrogen and oxygen atoms in total. The summed E-state index contributed by atoms with van der Waals surface area (Å²) < 4.78 is 38.5. The van der Waals surface area contributed by atoms with Crippen molar-refractivity contribution in [1.82, 2.24) is 93.6 Å². The van der Waals surface area contributed by atoms with Gasteiger partial charge in [-0.15, -0.1) is 0 Å². The maximum Gasteiger partial charge on any atom is 0.351 e. The van der Waals surface area contributed by atoms with Gasteiger partial charge in [-0.25, -0.2) is 28.9 Å². The van der Waals surface area contributed by atoms with Crippen molar-refractivity contribution in [2.45, 2.75) is 37.5 Å². The molecule has 0 atom stereocenters. The van der Waals surface area contributed by atoms with Gasteiger partial charge in [0.05, 0.1) is 64.8 Å². The molecule has 11 aromatic rings. The van der Waals surface area contributed by atoms with Gasteiger partial charge in [-0.05, 0) is 75.1 Å². The monoisotopic (exact) mass is 1310 g/mol. The lowest BCUT2D eigenvalue weighted by molar-refractivity contribution is 0.0696. The number of nitrogens with zero attached hydrogens (tertiary/aromatic N) is 22. The Bertz CT molecular complexity index is 5260. The number of rotatable bonds is 8. The molecule has 2 aromatic carbocycles. The van der Waals surface area contributed by atoms with Crippen LogP contribution < -0.4 is 51.2 Å². The molecule has 1 aliphatic carbocycles. The number of hydrogen-bond donors (Lipinski definition) is 11. The molecule has 0 radical (unpaired) electrons. The molecule has 12 rings (SSSR count). The van der Waals surface area contributed by atoms with E-state index in [1.54, 1.807) is 19.1 Å². The third-order valence-corrected chi connectivity index (χ3v) is 14.1. The Morgan fingerprint density at radius 2 is 0.936 bits per heavy atom. The lowest BCUT2D eigenvalue weighted by Crippen LogP contribution is -2.24. The number of nitrogens with one attached hydrogen (secondary N) is 3. The van der Waals surface area contributed by atoms with Crippen molar-refractivity contribution in [2.24, 2.45) is 0 Å².